The molecule has 6 heteroatoms. The smallest absolute Gasteiger partial charge is 0.349 e. The number of phenolic OH excluding ortho intramolecular Hbond substituents is 1. The normalized spacial score (nSPS) is 9.70. The number of carbonyl (C=O) groups excluding carboxylic acids is 2. The Kier molecular flexibility index (Phi) is 5.58. The molecule has 0 saturated heterocycles. The van der Waals surface area contributed by atoms with E-state index in [4.69, 9.17) is 9.47 Å². The van der Waals surface area contributed by atoms with Gasteiger partial charge in [-0.3, -0.25) is 0 Å². The third-order valence-electron chi connectivity index (χ3n) is 2.36. The standard InChI is InChI=1S/C14H16O6/c1-3-19-13(17)11(14(18)20-4-2)12(16)9-7-5-6-8-10(9)15/h5-8,15-16H,3-4H2,1-2H3. The number of aliphatic hydroxyl groups is 1. The lowest BCUT2D eigenvalue weighted by Gasteiger charge is -2.10. The van der Waals surface area contributed by atoms with Crippen LogP contribution in [-0.2, 0) is 19.1 Å². The van der Waals surface area contributed by atoms with Crippen LogP contribution in [0.25, 0.3) is 5.76 Å². The van der Waals surface area contributed by atoms with Crippen molar-refractivity contribution in [2.45, 2.75) is 13.8 Å². The second-order valence-corrected chi connectivity index (χ2v) is 3.68. The highest BCUT2D eigenvalue weighted by molar-refractivity contribution is 6.19. The van der Waals surface area contributed by atoms with Crippen molar-refractivity contribution in [1.82, 2.24) is 0 Å². The third kappa shape index (κ3) is 3.50. The van der Waals surface area contributed by atoms with Gasteiger partial charge in [-0.1, -0.05) is 12.1 Å². The average molecular weight is 280 g/mol. The molecule has 0 aliphatic rings. The maximum atomic E-state index is 11.8. The van der Waals surface area contributed by atoms with Crippen LogP contribution in [0.1, 0.15) is 19.4 Å². The summed E-state index contributed by atoms with van der Waals surface area (Å²) >= 11 is 0. The van der Waals surface area contributed by atoms with Crippen molar-refractivity contribution in [3.05, 3.63) is 35.4 Å². The number of aromatic hydroxyl groups is 1. The summed E-state index contributed by atoms with van der Waals surface area (Å²) < 4.78 is 9.43. The number of ether oxygens (including phenoxy) is 2. The van der Waals surface area contributed by atoms with Crippen LogP contribution >= 0.6 is 0 Å². The highest BCUT2D eigenvalue weighted by Crippen LogP contribution is 2.26. The molecule has 0 fully saturated rings. The molecule has 0 aromatic heterocycles. The first-order chi connectivity index (χ1) is 9.52. The zero-order valence-electron chi connectivity index (χ0n) is 11.3. The predicted molar refractivity (Wildman–Crippen MR) is 70.9 cm³/mol. The van der Waals surface area contributed by atoms with Crippen LogP contribution in [0, 0.1) is 0 Å². The van der Waals surface area contributed by atoms with Crippen LogP contribution in [-0.4, -0.2) is 35.4 Å². The van der Waals surface area contributed by atoms with Gasteiger partial charge in [0.05, 0.1) is 18.8 Å². The van der Waals surface area contributed by atoms with E-state index in [0.717, 1.165) is 0 Å². The molecular weight excluding hydrogens is 264 g/mol. The first-order valence-corrected chi connectivity index (χ1v) is 6.08. The molecule has 0 heterocycles. The quantitative estimate of drug-likeness (QED) is 0.281. The number of phenols is 1. The highest BCUT2D eigenvalue weighted by atomic mass is 16.6. The van der Waals surface area contributed by atoms with Gasteiger partial charge in [0.1, 0.15) is 11.5 Å². The SMILES string of the molecule is CCOC(=O)C(C(=O)OCC)=C(O)c1ccccc1O. The summed E-state index contributed by atoms with van der Waals surface area (Å²) in [6, 6.07) is 5.77. The highest BCUT2D eigenvalue weighted by Gasteiger charge is 2.27. The Morgan fingerprint density at radius 1 is 1.05 bits per heavy atom. The summed E-state index contributed by atoms with van der Waals surface area (Å²) in [5.41, 5.74) is -0.696. The number of aliphatic hydroxyl groups excluding tert-OH is 1. The molecule has 0 radical (unpaired) electrons. The van der Waals surface area contributed by atoms with Gasteiger partial charge in [0.15, 0.2) is 5.57 Å². The Hall–Kier alpha value is -2.50. The molecule has 108 valence electrons. The van der Waals surface area contributed by atoms with E-state index < -0.39 is 23.3 Å². The minimum Gasteiger partial charge on any atom is -0.507 e. The molecule has 1 rings (SSSR count). The Balaban J connectivity index is 3.33. The molecule has 6 nitrogen and oxygen atoms in total. The van der Waals surface area contributed by atoms with Gasteiger partial charge in [0.2, 0.25) is 0 Å². The summed E-state index contributed by atoms with van der Waals surface area (Å²) in [4.78, 5) is 23.5. The fourth-order valence-corrected chi connectivity index (χ4v) is 1.49. The summed E-state index contributed by atoms with van der Waals surface area (Å²) in [6.45, 7) is 3.21. The fourth-order valence-electron chi connectivity index (χ4n) is 1.49. The van der Waals surface area contributed by atoms with E-state index in [-0.39, 0.29) is 24.5 Å². The minimum absolute atomic E-state index is 0.0375. The summed E-state index contributed by atoms with van der Waals surface area (Å²) in [6.07, 6.45) is 0. The second kappa shape index (κ2) is 7.18. The lowest BCUT2D eigenvalue weighted by molar-refractivity contribution is -0.146. The Bertz CT molecular complexity index is 512. The van der Waals surface area contributed by atoms with Crippen molar-refractivity contribution < 1.29 is 29.3 Å². The Morgan fingerprint density at radius 2 is 1.55 bits per heavy atom. The molecule has 0 amide bonds. The van der Waals surface area contributed by atoms with Crippen molar-refractivity contribution in [3.8, 4) is 5.75 Å². The van der Waals surface area contributed by atoms with Gasteiger partial charge in [-0.25, -0.2) is 9.59 Å². The van der Waals surface area contributed by atoms with Crippen molar-refractivity contribution in [1.29, 1.82) is 0 Å². The third-order valence-corrected chi connectivity index (χ3v) is 2.36. The molecular formula is C14H16O6. The molecule has 20 heavy (non-hydrogen) atoms. The van der Waals surface area contributed by atoms with Crippen LogP contribution < -0.4 is 0 Å². The second-order valence-electron chi connectivity index (χ2n) is 3.68. The minimum atomic E-state index is -1.01. The lowest BCUT2D eigenvalue weighted by Crippen LogP contribution is -2.20. The molecule has 1 aromatic rings. The topological polar surface area (TPSA) is 93.1 Å². The number of hydrogen-bond acceptors (Lipinski definition) is 6. The van der Waals surface area contributed by atoms with Crippen LogP contribution in [0.15, 0.2) is 29.8 Å². The van der Waals surface area contributed by atoms with Gasteiger partial charge in [-0.2, -0.15) is 0 Å². The molecule has 0 spiro atoms. The van der Waals surface area contributed by atoms with E-state index in [1.54, 1.807) is 26.0 Å². The van der Waals surface area contributed by atoms with E-state index in [2.05, 4.69) is 0 Å². The van der Waals surface area contributed by atoms with Gasteiger partial charge < -0.3 is 19.7 Å². The van der Waals surface area contributed by atoms with Crippen molar-refractivity contribution >= 4 is 17.7 Å². The van der Waals surface area contributed by atoms with Gasteiger partial charge >= 0.3 is 11.9 Å². The monoisotopic (exact) mass is 280 g/mol. The Morgan fingerprint density at radius 3 is 2.00 bits per heavy atom. The van der Waals surface area contributed by atoms with Crippen molar-refractivity contribution in [2.24, 2.45) is 0 Å². The largest absolute Gasteiger partial charge is 0.507 e. The molecule has 0 aliphatic carbocycles. The molecule has 0 atom stereocenters. The van der Waals surface area contributed by atoms with E-state index >= 15 is 0 Å². The summed E-state index contributed by atoms with van der Waals surface area (Å²) in [5.74, 6) is -2.96. The number of carbonyl (C=O) groups is 2. The van der Waals surface area contributed by atoms with E-state index in [1.165, 1.54) is 12.1 Å². The van der Waals surface area contributed by atoms with Crippen LogP contribution in [0.5, 0.6) is 5.75 Å². The molecule has 0 saturated carbocycles. The molecule has 1 aromatic carbocycles. The number of para-hydroxylation sites is 1. The summed E-state index contributed by atoms with van der Waals surface area (Å²) in [5, 5.41) is 19.7. The van der Waals surface area contributed by atoms with Gasteiger partial charge in [0.25, 0.3) is 0 Å². The first kappa shape index (κ1) is 15.6. The maximum absolute atomic E-state index is 11.8. The lowest BCUT2D eigenvalue weighted by atomic mass is 10.1. The number of esters is 2. The number of hydrogen-bond donors (Lipinski definition) is 2. The molecule has 0 aliphatic heterocycles. The van der Waals surface area contributed by atoms with E-state index in [9.17, 15) is 19.8 Å². The van der Waals surface area contributed by atoms with Gasteiger partial charge in [-0.05, 0) is 26.0 Å². The van der Waals surface area contributed by atoms with E-state index in [0.29, 0.717) is 0 Å². The zero-order valence-corrected chi connectivity index (χ0v) is 11.3. The Labute approximate surface area is 116 Å². The fraction of sp³-hybridized carbons (Fsp3) is 0.286. The average Bonchev–Trinajstić information content (AvgIpc) is 2.40. The number of benzene rings is 1. The van der Waals surface area contributed by atoms with Gasteiger partial charge in [-0.15, -0.1) is 0 Å². The number of rotatable bonds is 5. The molecule has 2 N–H and O–H groups in total. The van der Waals surface area contributed by atoms with Gasteiger partial charge in [0, 0.05) is 0 Å². The molecule has 0 unspecified atom stereocenters. The summed E-state index contributed by atoms with van der Waals surface area (Å²) in [7, 11) is 0. The maximum Gasteiger partial charge on any atom is 0.349 e. The van der Waals surface area contributed by atoms with Crippen LogP contribution in [0.4, 0.5) is 0 Å². The predicted octanol–water partition coefficient (Wildman–Crippen LogP) is 1.79. The van der Waals surface area contributed by atoms with Crippen molar-refractivity contribution in [2.75, 3.05) is 13.2 Å². The van der Waals surface area contributed by atoms with Crippen LogP contribution in [0.2, 0.25) is 0 Å². The van der Waals surface area contributed by atoms with Crippen LogP contribution in [0.3, 0.4) is 0 Å². The van der Waals surface area contributed by atoms with E-state index in [1.807, 2.05) is 0 Å². The zero-order chi connectivity index (χ0) is 15.1. The molecule has 0 bridgehead atoms. The van der Waals surface area contributed by atoms with Crippen molar-refractivity contribution in [3.63, 3.8) is 0 Å². The first-order valence-electron chi connectivity index (χ1n) is 6.08.